The van der Waals surface area contributed by atoms with Crippen LogP contribution >= 0.6 is 0 Å². The molecule has 0 aliphatic rings. The van der Waals surface area contributed by atoms with Crippen LogP contribution in [0.1, 0.15) is 58.4 Å². The summed E-state index contributed by atoms with van der Waals surface area (Å²) in [6.45, 7) is 12.5. The lowest BCUT2D eigenvalue weighted by atomic mass is 10.1. The van der Waals surface area contributed by atoms with Crippen molar-refractivity contribution in [1.29, 1.82) is 0 Å². The first-order valence-corrected chi connectivity index (χ1v) is 8.65. The summed E-state index contributed by atoms with van der Waals surface area (Å²) in [5.41, 5.74) is 1.49. The van der Waals surface area contributed by atoms with E-state index in [1.165, 1.54) is 74.8 Å². The average molecular weight is 276 g/mol. The van der Waals surface area contributed by atoms with Crippen molar-refractivity contribution in [3.05, 3.63) is 35.9 Å². The van der Waals surface area contributed by atoms with E-state index < -0.39 is 0 Å². The Balaban J connectivity index is 2.40. The lowest BCUT2D eigenvalue weighted by Gasteiger charge is -2.38. The van der Waals surface area contributed by atoms with E-state index in [9.17, 15) is 0 Å². The summed E-state index contributed by atoms with van der Waals surface area (Å²) in [5.74, 6) is 0. The Morgan fingerprint density at radius 2 is 1.25 bits per heavy atom. The SMILES string of the molecule is CCC[N+](CCC)(CCC)CCCCc1ccccc1. The van der Waals surface area contributed by atoms with Gasteiger partial charge in [-0.25, -0.2) is 0 Å². The molecule has 0 N–H and O–H groups in total. The van der Waals surface area contributed by atoms with Crippen LogP contribution in [0.5, 0.6) is 0 Å². The maximum absolute atomic E-state index is 2.34. The van der Waals surface area contributed by atoms with E-state index in [1.807, 2.05) is 0 Å². The standard InChI is InChI=1S/C19H34N/c1-4-15-20(16-5-2,17-6-3)18-11-10-14-19-12-8-7-9-13-19/h7-9,12-13H,4-6,10-11,14-18H2,1-3H3/q+1. The van der Waals surface area contributed by atoms with Gasteiger partial charge < -0.3 is 4.48 Å². The Labute approximate surface area is 126 Å². The topological polar surface area (TPSA) is 0 Å². The van der Waals surface area contributed by atoms with Crippen LogP contribution < -0.4 is 0 Å². The third kappa shape index (κ3) is 6.09. The average Bonchev–Trinajstić information content (AvgIpc) is 2.46. The first-order valence-electron chi connectivity index (χ1n) is 8.65. The molecular formula is C19H34N+. The van der Waals surface area contributed by atoms with E-state index in [-0.39, 0.29) is 0 Å². The largest absolute Gasteiger partial charge is 0.324 e. The van der Waals surface area contributed by atoms with E-state index in [2.05, 4.69) is 51.1 Å². The Hall–Kier alpha value is -0.820. The summed E-state index contributed by atoms with van der Waals surface area (Å²) in [6.07, 6.45) is 7.90. The van der Waals surface area contributed by atoms with Crippen LogP contribution in [0.25, 0.3) is 0 Å². The normalized spacial score (nSPS) is 11.8. The molecule has 0 aliphatic carbocycles. The van der Waals surface area contributed by atoms with Crippen molar-refractivity contribution >= 4 is 0 Å². The Kier molecular flexibility index (Phi) is 8.60. The van der Waals surface area contributed by atoms with Gasteiger partial charge in [0.25, 0.3) is 0 Å². The highest BCUT2D eigenvalue weighted by Crippen LogP contribution is 2.15. The summed E-state index contributed by atoms with van der Waals surface area (Å²) in [7, 11) is 0. The molecule has 0 aliphatic heterocycles. The maximum Gasteiger partial charge on any atom is 0.0786 e. The van der Waals surface area contributed by atoms with Crippen LogP contribution in [0.4, 0.5) is 0 Å². The van der Waals surface area contributed by atoms with Gasteiger partial charge in [-0.05, 0) is 44.1 Å². The van der Waals surface area contributed by atoms with Crippen molar-refractivity contribution in [2.45, 2.75) is 59.3 Å². The number of nitrogens with zero attached hydrogens (tertiary/aromatic N) is 1. The van der Waals surface area contributed by atoms with Gasteiger partial charge in [-0.1, -0.05) is 51.1 Å². The molecule has 1 rings (SSSR count). The molecule has 1 heteroatoms. The molecule has 1 aromatic rings. The van der Waals surface area contributed by atoms with Crippen LogP contribution in [0, 0.1) is 0 Å². The summed E-state index contributed by atoms with van der Waals surface area (Å²) in [5, 5.41) is 0. The number of hydrogen-bond donors (Lipinski definition) is 0. The monoisotopic (exact) mass is 276 g/mol. The van der Waals surface area contributed by atoms with E-state index in [4.69, 9.17) is 0 Å². The number of aryl methyl sites for hydroxylation is 1. The molecule has 1 aromatic carbocycles. The molecule has 0 aromatic heterocycles. The second kappa shape index (κ2) is 9.99. The minimum Gasteiger partial charge on any atom is -0.324 e. The van der Waals surface area contributed by atoms with Crippen molar-refractivity contribution in [3.8, 4) is 0 Å². The molecule has 0 amide bonds. The third-order valence-electron chi connectivity index (χ3n) is 4.28. The van der Waals surface area contributed by atoms with Crippen molar-refractivity contribution < 1.29 is 4.48 Å². The molecule has 0 unspecified atom stereocenters. The van der Waals surface area contributed by atoms with Crippen molar-refractivity contribution in [3.63, 3.8) is 0 Å². The molecule has 114 valence electrons. The minimum atomic E-state index is 1.24. The van der Waals surface area contributed by atoms with Gasteiger partial charge in [-0.3, -0.25) is 0 Å². The van der Waals surface area contributed by atoms with Gasteiger partial charge in [0.1, 0.15) is 0 Å². The summed E-state index contributed by atoms with van der Waals surface area (Å²) >= 11 is 0. The van der Waals surface area contributed by atoms with Crippen LogP contribution in [0.2, 0.25) is 0 Å². The zero-order valence-electron chi connectivity index (χ0n) is 13.9. The van der Waals surface area contributed by atoms with Crippen LogP contribution in [-0.4, -0.2) is 30.7 Å². The zero-order chi connectivity index (χ0) is 14.7. The van der Waals surface area contributed by atoms with E-state index in [1.54, 1.807) is 0 Å². The zero-order valence-corrected chi connectivity index (χ0v) is 13.9. The van der Waals surface area contributed by atoms with Crippen LogP contribution in [0.15, 0.2) is 30.3 Å². The van der Waals surface area contributed by atoms with Gasteiger partial charge in [-0.15, -0.1) is 0 Å². The lowest BCUT2D eigenvalue weighted by molar-refractivity contribution is -0.928. The fourth-order valence-corrected chi connectivity index (χ4v) is 3.51. The molecule has 1 nitrogen and oxygen atoms in total. The molecular weight excluding hydrogens is 242 g/mol. The highest BCUT2D eigenvalue weighted by molar-refractivity contribution is 5.14. The van der Waals surface area contributed by atoms with E-state index >= 15 is 0 Å². The summed E-state index contributed by atoms with van der Waals surface area (Å²) in [4.78, 5) is 0. The van der Waals surface area contributed by atoms with Gasteiger partial charge >= 0.3 is 0 Å². The van der Waals surface area contributed by atoms with Crippen molar-refractivity contribution in [2.24, 2.45) is 0 Å². The number of rotatable bonds is 11. The van der Waals surface area contributed by atoms with Crippen molar-refractivity contribution in [1.82, 2.24) is 0 Å². The second-order valence-corrected chi connectivity index (χ2v) is 6.18. The Morgan fingerprint density at radius 3 is 1.75 bits per heavy atom. The fraction of sp³-hybridized carbons (Fsp3) is 0.684. The smallest absolute Gasteiger partial charge is 0.0786 e. The van der Waals surface area contributed by atoms with Crippen molar-refractivity contribution in [2.75, 3.05) is 26.2 Å². The van der Waals surface area contributed by atoms with E-state index in [0.717, 1.165) is 0 Å². The second-order valence-electron chi connectivity index (χ2n) is 6.18. The molecule has 0 atom stereocenters. The summed E-state index contributed by atoms with van der Waals surface area (Å²) in [6, 6.07) is 10.9. The summed E-state index contributed by atoms with van der Waals surface area (Å²) < 4.78 is 1.36. The van der Waals surface area contributed by atoms with Crippen LogP contribution in [0.3, 0.4) is 0 Å². The molecule has 0 heterocycles. The van der Waals surface area contributed by atoms with Gasteiger partial charge in [-0.2, -0.15) is 0 Å². The fourth-order valence-electron chi connectivity index (χ4n) is 3.51. The van der Waals surface area contributed by atoms with Gasteiger partial charge in [0.2, 0.25) is 0 Å². The third-order valence-corrected chi connectivity index (χ3v) is 4.28. The van der Waals surface area contributed by atoms with Gasteiger partial charge in [0, 0.05) is 0 Å². The maximum atomic E-state index is 2.34. The highest BCUT2D eigenvalue weighted by atomic mass is 15.3. The highest BCUT2D eigenvalue weighted by Gasteiger charge is 2.23. The number of quaternary nitrogens is 1. The predicted octanol–water partition coefficient (Wildman–Crippen LogP) is 5.06. The molecule has 0 bridgehead atoms. The molecule has 0 fully saturated rings. The molecule has 20 heavy (non-hydrogen) atoms. The Bertz CT molecular complexity index is 314. The first-order chi connectivity index (χ1) is 9.76. The molecule has 0 radical (unpaired) electrons. The van der Waals surface area contributed by atoms with Gasteiger partial charge in [0.15, 0.2) is 0 Å². The van der Waals surface area contributed by atoms with E-state index in [0.29, 0.717) is 0 Å². The predicted molar refractivity (Wildman–Crippen MR) is 90.0 cm³/mol. The lowest BCUT2D eigenvalue weighted by Crippen LogP contribution is -2.50. The Morgan fingerprint density at radius 1 is 0.700 bits per heavy atom. The number of benzene rings is 1. The molecule has 0 spiro atoms. The molecule has 0 saturated heterocycles. The van der Waals surface area contributed by atoms with Crippen LogP contribution in [-0.2, 0) is 6.42 Å². The number of unbranched alkanes of at least 4 members (excludes halogenated alkanes) is 1. The van der Waals surface area contributed by atoms with Gasteiger partial charge in [0.05, 0.1) is 26.2 Å². The molecule has 0 saturated carbocycles. The number of hydrogen-bond acceptors (Lipinski definition) is 0. The first kappa shape index (κ1) is 17.2. The minimum absolute atomic E-state index is 1.24. The quantitative estimate of drug-likeness (QED) is 0.391.